The summed E-state index contributed by atoms with van der Waals surface area (Å²) in [5.41, 5.74) is 0. The minimum Gasteiger partial charge on any atom is -0.206 e. The normalized spacial score (nSPS) is 18.1. The molecule has 6 heteroatoms. The van der Waals surface area contributed by atoms with Crippen LogP contribution >= 0.6 is 22.9 Å². The summed E-state index contributed by atoms with van der Waals surface area (Å²) in [7, 11) is -3.23. The average Bonchev–Trinajstić information content (AvgIpc) is 2.88. The van der Waals surface area contributed by atoms with Crippen molar-refractivity contribution < 1.29 is 8.42 Å². The molecule has 16 heavy (non-hydrogen) atoms. The monoisotopic (exact) mass is 279 g/mol. The van der Waals surface area contributed by atoms with E-state index in [1.165, 1.54) is 11.3 Å². The molecule has 0 N–H and O–H groups in total. The third-order valence-corrected chi connectivity index (χ3v) is 6.34. The van der Waals surface area contributed by atoms with E-state index in [1.54, 1.807) is 10.4 Å². The van der Waals surface area contributed by atoms with Crippen LogP contribution in [-0.2, 0) is 16.4 Å². The molecule has 1 aliphatic rings. The minimum absolute atomic E-state index is 0.453. The maximum atomic E-state index is 12.2. The third kappa shape index (κ3) is 2.42. The maximum Gasteiger partial charge on any atom is 0.252 e. The lowest BCUT2D eigenvalue weighted by atomic mass is 10.4. The van der Waals surface area contributed by atoms with Crippen molar-refractivity contribution in [2.45, 2.75) is 23.5 Å². The van der Waals surface area contributed by atoms with Gasteiger partial charge in [-0.2, -0.15) is 4.31 Å². The topological polar surface area (TPSA) is 37.4 Å². The number of halogens is 1. The predicted octanol–water partition coefficient (Wildman–Crippen LogP) is 2.31. The minimum atomic E-state index is -3.23. The van der Waals surface area contributed by atoms with Gasteiger partial charge in [0.2, 0.25) is 0 Å². The van der Waals surface area contributed by atoms with Gasteiger partial charge in [-0.15, -0.1) is 22.9 Å². The molecule has 2 rings (SSSR count). The number of nitrogens with zero attached hydrogens (tertiary/aromatic N) is 1. The zero-order valence-electron chi connectivity index (χ0n) is 8.86. The number of rotatable bonds is 4. The lowest BCUT2D eigenvalue weighted by Crippen LogP contribution is -2.27. The number of hydrogen-bond donors (Lipinski definition) is 0. The molecule has 3 nitrogen and oxygen atoms in total. The van der Waals surface area contributed by atoms with Crippen LogP contribution in [0.5, 0.6) is 0 Å². The van der Waals surface area contributed by atoms with Crippen LogP contribution in [-0.4, -0.2) is 31.7 Å². The standard InChI is InChI=1S/C10H14ClNO2S2/c11-6-5-9-3-4-10(15-9)16(13,14)12-7-1-2-8-12/h3-4H,1-2,5-8H2. The van der Waals surface area contributed by atoms with Crippen molar-refractivity contribution in [3.63, 3.8) is 0 Å². The van der Waals surface area contributed by atoms with E-state index in [-0.39, 0.29) is 0 Å². The first kappa shape index (κ1) is 12.4. The number of hydrogen-bond acceptors (Lipinski definition) is 3. The van der Waals surface area contributed by atoms with Crippen LogP contribution in [0.2, 0.25) is 0 Å². The molecule has 1 saturated heterocycles. The van der Waals surface area contributed by atoms with Crippen molar-refractivity contribution in [1.82, 2.24) is 4.31 Å². The van der Waals surface area contributed by atoms with E-state index in [9.17, 15) is 8.42 Å². The first-order valence-corrected chi connectivity index (χ1v) is 8.08. The van der Waals surface area contributed by atoms with Crippen molar-refractivity contribution in [3.8, 4) is 0 Å². The molecule has 0 aliphatic carbocycles. The first-order valence-electron chi connectivity index (χ1n) is 5.29. The summed E-state index contributed by atoms with van der Waals surface area (Å²) in [5, 5.41) is 0. The van der Waals surface area contributed by atoms with Crippen LogP contribution in [0.15, 0.2) is 16.3 Å². The smallest absolute Gasteiger partial charge is 0.206 e. The van der Waals surface area contributed by atoms with Crippen molar-refractivity contribution >= 4 is 33.0 Å². The maximum absolute atomic E-state index is 12.2. The van der Waals surface area contributed by atoms with Gasteiger partial charge in [0.05, 0.1) is 0 Å². The highest BCUT2D eigenvalue weighted by atomic mass is 35.5. The lowest BCUT2D eigenvalue weighted by Gasteiger charge is -2.13. The summed E-state index contributed by atoms with van der Waals surface area (Å²) in [6.07, 6.45) is 2.68. The van der Waals surface area contributed by atoms with Crippen LogP contribution in [0.4, 0.5) is 0 Å². The van der Waals surface area contributed by atoms with Gasteiger partial charge in [0.15, 0.2) is 0 Å². The molecule has 0 saturated carbocycles. The Bertz CT molecular complexity index is 449. The molecule has 0 unspecified atom stereocenters. The zero-order valence-corrected chi connectivity index (χ0v) is 11.2. The molecule has 1 aromatic heterocycles. The van der Waals surface area contributed by atoms with Gasteiger partial charge in [0.25, 0.3) is 10.0 Å². The van der Waals surface area contributed by atoms with Crippen LogP contribution < -0.4 is 0 Å². The Morgan fingerprint density at radius 1 is 1.31 bits per heavy atom. The highest BCUT2D eigenvalue weighted by Gasteiger charge is 2.28. The number of aryl methyl sites for hydroxylation is 1. The fraction of sp³-hybridized carbons (Fsp3) is 0.600. The highest BCUT2D eigenvalue weighted by Crippen LogP contribution is 2.27. The first-order chi connectivity index (χ1) is 7.64. The second-order valence-electron chi connectivity index (χ2n) is 3.77. The summed E-state index contributed by atoms with van der Waals surface area (Å²) in [4.78, 5) is 1.03. The van der Waals surface area contributed by atoms with Crippen LogP contribution in [0.3, 0.4) is 0 Å². The van der Waals surface area contributed by atoms with E-state index >= 15 is 0 Å². The summed E-state index contributed by atoms with van der Waals surface area (Å²) < 4.78 is 26.3. The summed E-state index contributed by atoms with van der Waals surface area (Å²) in [6, 6.07) is 3.55. The molecule has 0 radical (unpaired) electrons. The Morgan fingerprint density at radius 3 is 2.62 bits per heavy atom. The Balaban J connectivity index is 2.21. The summed E-state index contributed by atoms with van der Waals surface area (Å²) >= 11 is 6.97. The molecular weight excluding hydrogens is 266 g/mol. The quantitative estimate of drug-likeness (QED) is 0.793. The van der Waals surface area contributed by atoms with Crippen LogP contribution in [0.25, 0.3) is 0 Å². The number of alkyl halides is 1. The van der Waals surface area contributed by atoms with Gasteiger partial charge < -0.3 is 0 Å². The molecule has 1 aliphatic heterocycles. The fourth-order valence-corrected chi connectivity index (χ4v) is 5.12. The van der Waals surface area contributed by atoms with Gasteiger partial charge in [-0.05, 0) is 31.4 Å². The van der Waals surface area contributed by atoms with Gasteiger partial charge in [-0.25, -0.2) is 8.42 Å². The van der Waals surface area contributed by atoms with E-state index in [4.69, 9.17) is 11.6 Å². The van der Waals surface area contributed by atoms with E-state index in [0.29, 0.717) is 23.2 Å². The molecule has 1 fully saturated rings. The van der Waals surface area contributed by atoms with E-state index in [2.05, 4.69) is 0 Å². The SMILES string of the molecule is O=S(=O)(c1ccc(CCCl)s1)N1CCCC1. The third-order valence-electron chi connectivity index (χ3n) is 2.64. The highest BCUT2D eigenvalue weighted by molar-refractivity contribution is 7.91. The molecule has 2 heterocycles. The molecule has 0 atom stereocenters. The van der Waals surface area contributed by atoms with E-state index < -0.39 is 10.0 Å². The van der Waals surface area contributed by atoms with Crippen molar-refractivity contribution in [2.24, 2.45) is 0 Å². The molecule has 0 aromatic carbocycles. The van der Waals surface area contributed by atoms with Crippen LogP contribution in [0.1, 0.15) is 17.7 Å². The Kier molecular flexibility index (Phi) is 3.89. The Labute approximate surface area is 105 Å². The average molecular weight is 280 g/mol. The number of sulfonamides is 1. The van der Waals surface area contributed by atoms with Crippen molar-refractivity contribution in [2.75, 3.05) is 19.0 Å². The zero-order chi connectivity index (χ0) is 11.6. The molecule has 0 spiro atoms. The lowest BCUT2D eigenvalue weighted by molar-refractivity contribution is 0.479. The van der Waals surface area contributed by atoms with Gasteiger partial charge in [-0.1, -0.05) is 0 Å². The van der Waals surface area contributed by atoms with Crippen molar-refractivity contribution in [1.29, 1.82) is 0 Å². The van der Waals surface area contributed by atoms with Gasteiger partial charge in [0.1, 0.15) is 4.21 Å². The molecule has 90 valence electrons. The molecular formula is C10H14ClNO2S2. The fourth-order valence-electron chi connectivity index (χ4n) is 1.78. The Hall–Kier alpha value is -0.100. The number of thiophene rings is 1. The largest absolute Gasteiger partial charge is 0.252 e. The Morgan fingerprint density at radius 2 is 2.00 bits per heavy atom. The molecule has 0 bridgehead atoms. The van der Waals surface area contributed by atoms with Gasteiger partial charge in [-0.3, -0.25) is 0 Å². The second kappa shape index (κ2) is 5.04. The van der Waals surface area contributed by atoms with Gasteiger partial charge in [0, 0.05) is 23.8 Å². The second-order valence-corrected chi connectivity index (χ2v) is 7.48. The van der Waals surface area contributed by atoms with Crippen molar-refractivity contribution in [3.05, 3.63) is 17.0 Å². The van der Waals surface area contributed by atoms with E-state index in [1.807, 2.05) is 6.07 Å². The predicted molar refractivity (Wildman–Crippen MR) is 66.7 cm³/mol. The van der Waals surface area contributed by atoms with E-state index in [0.717, 1.165) is 24.1 Å². The van der Waals surface area contributed by atoms with Gasteiger partial charge >= 0.3 is 0 Å². The summed E-state index contributed by atoms with van der Waals surface area (Å²) in [6.45, 7) is 1.32. The molecule has 0 amide bonds. The summed E-state index contributed by atoms with van der Waals surface area (Å²) in [5.74, 6) is 0.531. The molecule has 1 aromatic rings. The van der Waals surface area contributed by atoms with Crippen LogP contribution in [0, 0.1) is 0 Å².